The molecule has 1 aliphatic heterocycles. The maximum absolute atomic E-state index is 12.9. The Hall–Kier alpha value is -2.18. The zero-order chi connectivity index (χ0) is 17.9. The van der Waals surface area contributed by atoms with Crippen LogP contribution < -0.4 is 0 Å². The molecule has 4 rings (SSSR count). The molecule has 1 aromatic heterocycles. The van der Waals surface area contributed by atoms with Gasteiger partial charge in [0.25, 0.3) is 5.91 Å². The number of piperazine rings is 1. The Morgan fingerprint density at radius 2 is 2.04 bits per heavy atom. The van der Waals surface area contributed by atoms with E-state index in [1.807, 2.05) is 29.2 Å². The lowest BCUT2D eigenvalue weighted by Crippen LogP contribution is -2.55. The molecule has 0 bridgehead atoms. The summed E-state index contributed by atoms with van der Waals surface area (Å²) < 4.78 is 0. The van der Waals surface area contributed by atoms with E-state index < -0.39 is 0 Å². The average Bonchev–Trinajstić information content (AvgIpc) is 3.32. The SMILES string of the molecule is O=C(c1ccc(-c2cnc[nH]2)cc1)N1CCN(CC2CC2)[C@@H](CCO)C1. The monoisotopic (exact) mass is 354 g/mol. The van der Waals surface area contributed by atoms with E-state index in [9.17, 15) is 9.90 Å². The number of nitrogens with zero attached hydrogens (tertiary/aromatic N) is 3. The average molecular weight is 354 g/mol. The van der Waals surface area contributed by atoms with Gasteiger partial charge in [-0.05, 0) is 42.9 Å². The van der Waals surface area contributed by atoms with Crippen molar-refractivity contribution in [1.29, 1.82) is 0 Å². The molecule has 1 saturated heterocycles. The second kappa shape index (κ2) is 7.60. The van der Waals surface area contributed by atoms with E-state index in [1.165, 1.54) is 12.8 Å². The number of carbonyl (C=O) groups excluding carboxylic acids is 1. The maximum Gasteiger partial charge on any atom is 0.253 e. The third kappa shape index (κ3) is 3.81. The first-order chi connectivity index (χ1) is 12.7. The van der Waals surface area contributed by atoms with Gasteiger partial charge in [-0.2, -0.15) is 0 Å². The number of hydrogen-bond donors (Lipinski definition) is 2. The van der Waals surface area contributed by atoms with Gasteiger partial charge >= 0.3 is 0 Å². The first kappa shape index (κ1) is 17.2. The van der Waals surface area contributed by atoms with Crippen molar-refractivity contribution in [3.8, 4) is 11.3 Å². The number of hydrogen-bond acceptors (Lipinski definition) is 4. The highest BCUT2D eigenvalue weighted by Gasteiger charge is 2.33. The van der Waals surface area contributed by atoms with E-state index in [4.69, 9.17) is 0 Å². The standard InChI is InChI=1S/C20H26N4O2/c25-10-7-18-13-24(9-8-23(18)12-15-1-2-15)20(26)17-5-3-16(4-6-17)19-11-21-14-22-19/h3-6,11,14-15,18,25H,1-2,7-10,12-13H2,(H,21,22)/t18-/m0/s1. The van der Waals surface area contributed by atoms with Crippen LogP contribution in [0.15, 0.2) is 36.8 Å². The van der Waals surface area contributed by atoms with Gasteiger partial charge in [0.15, 0.2) is 0 Å². The number of aliphatic hydroxyl groups is 1. The second-order valence-electron chi connectivity index (χ2n) is 7.40. The Balaban J connectivity index is 1.42. The Morgan fingerprint density at radius 1 is 1.23 bits per heavy atom. The van der Waals surface area contributed by atoms with Crippen LogP contribution in [-0.2, 0) is 0 Å². The Kier molecular flexibility index (Phi) is 5.04. The highest BCUT2D eigenvalue weighted by molar-refractivity contribution is 5.94. The molecule has 1 saturated carbocycles. The van der Waals surface area contributed by atoms with Crippen LogP contribution in [0.1, 0.15) is 29.6 Å². The summed E-state index contributed by atoms with van der Waals surface area (Å²) in [5.41, 5.74) is 2.68. The molecular formula is C20H26N4O2. The summed E-state index contributed by atoms with van der Waals surface area (Å²) in [6.07, 6.45) is 6.81. The van der Waals surface area contributed by atoms with Crippen LogP contribution in [0.3, 0.4) is 0 Å². The lowest BCUT2D eigenvalue weighted by Gasteiger charge is -2.41. The molecule has 2 N–H and O–H groups in total. The zero-order valence-electron chi connectivity index (χ0n) is 15.0. The first-order valence-electron chi connectivity index (χ1n) is 9.47. The Morgan fingerprint density at radius 3 is 2.69 bits per heavy atom. The van der Waals surface area contributed by atoms with Crippen molar-refractivity contribution < 1.29 is 9.90 Å². The number of aromatic nitrogens is 2. The van der Waals surface area contributed by atoms with Gasteiger partial charge in [-0.3, -0.25) is 9.69 Å². The van der Waals surface area contributed by atoms with Crippen molar-refractivity contribution in [1.82, 2.24) is 19.8 Å². The van der Waals surface area contributed by atoms with Gasteiger partial charge in [0.1, 0.15) is 0 Å². The molecule has 2 fully saturated rings. The highest BCUT2D eigenvalue weighted by Crippen LogP contribution is 2.31. The zero-order valence-corrected chi connectivity index (χ0v) is 15.0. The molecule has 2 aromatic rings. The number of rotatable bonds is 6. The summed E-state index contributed by atoms with van der Waals surface area (Å²) >= 11 is 0. The van der Waals surface area contributed by atoms with E-state index in [0.29, 0.717) is 12.1 Å². The van der Waals surface area contributed by atoms with Gasteiger partial charge in [-0.15, -0.1) is 0 Å². The smallest absolute Gasteiger partial charge is 0.253 e. The van der Waals surface area contributed by atoms with Gasteiger partial charge in [0.2, 0.25) is 0 Å². The molecule has 0 spiro atoms. The fraction of sp³-hybridized carbons (Fsp3) is 0.500. The molecule has 138 valence electrons. The fourth-order valence-corrected chi connectivity index (χ4v) is 3.76. The summed E-state index contributed by atoms with van der Waals surface area (Å²) in [5, 5.41) is 9.41. The topological polar surface area (TPSA) is 72.5 Å². The molecule has 2 aliphatic rings. The maximum atomic E-state index is 12.9. The second-order valence-corrected chi connectivity index (χ2v) is 7.40. The van der Waals surface area contributed by atoms with Crippen LogP contribution in [0.25, 0.3) is 11.3 Å². The van der Waals surface area contributed by atoms with Gasteiger partial charge in [0.05, 0.1) is 18.2 Å². The number of benzene rings is 1. The summed E-state index contributed by atoms with van der Waals surface area (Å²) in [7, 11) is 0. The third-order valence-corrected chi connectivity index (χ3v) is 5.48. The molecule has 1 aromatic carbocycles. The third-order valence-electron chi connectivity index (χ3n) is 5.48. The lowest BCUT2D eigenvalue weighted by atomic mass is 10.1. The molecule has 1 aliphatic carbocycles. The highest BCUT2D eigenvalue weighted by atomic mass is 16.3. The van der Waals surface area contributed by atoms with E-state index in [2.05, 4.69) is 14.9 Å². The van der Waals surface area contributed by atoms with Gasteiger partial charge < -0.3 is 15.0 Å². The van der Waals surface area contributed by atoms with Crippen molar-refractivity contribution in [2.75, 3.05) is 32.8 Å². The first-order valence-corrected chi connectivity index (χ1v) is 9.47. The van der Waals surface area contributed by atoms with Crippen LogP contribution in [0.2, 0.25) is 0 Å². The van der Waals surface area contributed by atoms with Crippen molar-refractivity contribution in [2.24, 2.45) is 5.92 Å². The predicted molar refractivity (Wildman–Crippen MR) is 99.7 cm³/mol. The number of aliphatic hydroxyl groups excluding tert-OH is 1. The van der Waals surface area contributed by atoms with Gasteiger partial charge in [-0.25, -0.2) is 4.98 Å². The number of amides is 1. The van der Waals surface area contributed by atoms with E-state index in [1.54, 1.807) is 12.5 Å². The van der Waals surface area contributed by atoms with Gasteiger partial charge in [-0.1, -0.05) is 12.1 Å². The summed E-state index contributed by atoms with van der Waals surface area (Å²) in [4.78, 5) is 24.4. The van der Waals surface area contributed by atoms with E-state index >= 15 is 0 Å². The van der Waals surface area contributed by atoms with Crippen LogP contribution in [0, 0.1) is 5.92 Å². The molecule has 6 heteroatoms. The van der Waals surface area contributed by atoms with Crippen molar-refractivity contribution in [3.63, 3.8) is 0 Å². The molecule has 26 heavy (non-hydrogen) atoms. The molecule has 0 radical (unpaired) electrons. The quantitative estimate of drug-likeness (QED) is 0.832. The van der Waals surface area contributed by atoms with E-state index in [0.717, 1.165) is 43.2 Å². The Bertz CT molecular complexity index is 725. The van der Waals surface area contributed by atoms with Crippen LogP contribution in [-0.4, -0.2) is 69.6 Å². The fourth-order valence-electron chi connectivity index (χ4n) is 3.76. The normalized spacial score (nSPS) is 21.1. The molecular weight excluding hydrogens is 328 g/mol. The van der Waals surface area contributed by atoms with E-state index in [-0.39, 0.29) is 18.6 Å². The minimum Gasteiger partial charge on any atom is -0.396 e. The minimum atomic E-state index is 0.0789. The molecule has 1 amide bonds. The van der Waals surface area contributed by atoms with Crippen LogP contribution in [0.4, 0.5) is 0 Å². The number of aromatic amines is 1. The molecule has 6 nitrogen and oxygen atoms in total. The van der Waals surface area contributed by atoms with Crippen LogP contribution >= 0.6 is 0 Å². The number of H-pyrrole nitrogens is 1. The molecule has 0 unspecified atom stereocenters. The van der Waals surface area contributed by atoms with Crippen molar-refractivity contribution in [3.05, 3.63) is 42.4 Å². The number of carbonyl (C=O) groups is 1. The summed E-state index contributed by atoms with van der Waals surface area (Å²) in [5.74, 6) is 0.906. The lowest BCUT2D eigenvalue weighted by molar-refractivity contribution is 0.0407. The summed E-state index contributed by atoms with van der Waals surface area (Å²) in [6, 6.07) is 7.94. The molecule has 2 heterocycles. The van der Waals surface area contributed by atoms with Gasteiger partial charge in [0, 0.05) is 44.4 Å². The van der Waals surface area contributed by atoms with Crippen molar-refractivity contribution in [2.45, 2.75) is 25.3 Å². The predicted octanol–water partition coefficient (Wildman–Crippen LogP) is 2.00. The van der Waals surface area contributed by atoms with Crippen molar-refractivity contribution >= 4 is 5.91 Å². The Labute approximate surface area is 153 Å². The summed E-state index contributed by atoms with van der Waals surface area (Å²) in [6.45, 7) is 3.65. The molecule has 1 atom stereocenters. The largest absolute Gasteiger partial charge is 0.396 e. The minimum absolute atomic E-state index is 0.0789. The van der Waals surface area contributed by atoms with Crippen LogP contribution in [0.5, 0.6) is 0 Å². The number of imidazole rings is 1. The number of nitrogens with one attached hydrogen (secondary N) is 1.